The van der Waals surface area contributed by atoms with E-state index in [9.17, 15) is 19.1 Å². The molecular weight excluding hydrogens is 339 g/mol. The van der Waals surface area contributed by atoms with Crippen LogP contribution in [-0.2, 0) is 4.79 Å². The van der Waals surface area contributed by atoms with Crippen molar-refractivity contribution in [2.45, 2.75) is 31.7 Å². The summed E-state index contributed by atoms with van der Waals surface area (Å²) in [7, 11) is 0. The van der Waals surface area contributed by atoms with Crippen molar-refractivity contribution in [2.24, 2.45) is 0 Å². The van der Waals surface area contributed by atoms with Crippen LogP contribution in [0.1, 0.15) is 35.4 Å². The summed E-state index contributed by atoms with van der Waals surface area (Å²) in [5.74, 6) is -2.23. The largest absolute Gasteiger partial charge is 0.480 e. The Bertz CT molecular complexity index is 832. The van der Waals surface area contributed by atoms with E-state index in [0.29, 0.717) is 24.2 Å². The van der Waals surface area contributed by atoms with Gasteiger partial charge in [-0.25, -0.2) is 13.9 Å². The van der Waals surface area contributed by atoms with E-state index in [2.05, 4.69) is 15.6 Å². The number of hydrogen-bond acceptors (Lipinski definition) is 4. The number of carbonyl (C=O) groups is 2. The van der Waals surface area contributed by atoms with E-state index in [1.165, 1.54) is 22.9 Å². The van der Waals surface area contributed by atoms with Crippen molar-refractivity contribution < 1.29 is 19.1 Å². The fraction of sp³-hybridized carbons (Fsp3) is 0.333. The summed E-state index contributed by atoms with van der Waals surface area (Å²) in [5.41, 5.74) is -0.369. The van der Waals surface area contributed by atoms with Crippen molar-refractivity contribution in [1.29, 1.82) is 0 Å². The number of carbonyl (C=O) groups excluding carboxylic acids is 1. The Morgan fingerprint density at radius 3 is 2.67 bits per heavy atom. The molecule has 24 heavy (non-hydrogen) atoms. The molecule has 1 aromatic heterocycles. The van der Waals surface area contributed by atoms with Crippen LogP contribution in [0.3, 0.4) is 0 Å². The molecule has 9 heteroatoms. The highest BCUT2D eigenvalue weighted by atomic mass is 35.5. The SMILES string of the molecule is Cc1c(C(=O)NC2(C(=O)O)CCC2)nnn1-c1ccc(F)c(Cl)c1. The fourth-order valence-corrected chi connectivity index (χ4v) is 2.77. The molecular formula is C15H14ClFN4O3. The molecule has 2 aromatic rings. The van der Waals surface area contributed by atoms with Gasteiger partial charge in [0.05, 0.1) is 16.4 Å². The van der Waals surface area contributed by atoms with E-state index in [1.54, 1.807) is 6.92 Å². The van der Waals surface area contributed by atoms with Crippen LogP contribution in [0.5, 0.6) is 0 Å². The summed E-state index contributed by atoms with van der Waals surface area (Å²) in [5, 5.41) is 19.4. The highest BCUT2D eigenvalue weighted by Gasteiger charge is 2.46. The van der Waals surface area contributed by atoms with E-state index in [-0.39, 0.29) is 10.7 Å². The lowest BCUT2D eigenvalue weighted by molar-refractivity contribution is -0.148. The third kappa shape index (κ3) is 2.62. The Balaban J connectivity index is 1.88. The first-order chi connectivity index (χ1) is 11.3. The maximum Gasteiger partial charge on any atom is 0.329 e. The van der Waals surface area contributed by atoms with Crippen molar-refractivity contribution in [1.82, 2.24) is 20.3 Å². The minimum absolute atomic E-state index is 0.0166. The summed E-state index contributed by atoms with van der Waals surface area (Å²) >= 11 is 5.75. The topological polar surface area (TPSA) is 97.1 Å². The number of aliphatic carboxylic acids is 1. The second kappa shape index (κ2) is 5.86. The number of benzene rings is 1. The predicted molar refractivity (Wildman–Crippen MR) is 82.7 cm³/mol. The molecule has 0 saturated heterocycles. The van der Waals surface area contributed by atoms with E-state index < -0.39 is 23.2 Å². The van der Waals surface area contributed by atoms with Gasteiger partial charge in [0, 0.05) is 0 Å². The zero-order chi connectivity index (χ0) is 17.5. The molecule has 1 aliphatic carbocycles. The molecule has 1 amide bonds. The number of rotatable bonds is 4. The number of nitrogens with one attached hydrogen (secondary N) is 1. The van der Waals surface area contributed by atoms with Crippen LogP contribution in [0.25, 0.3) is 5.69 Å². The minimum Gasteiger partial charge on any atom is -0.480 e. The quantitative estimate of drug-likeness (QED) is 0.878. The second-order valence-corrected chi connectivity index (χ2v) is 6.14. The van der Waals surface area contributed by atoms with E-state index in [1.807, 2.05) is 0 Å². The van der Waals surface area contributed by atoms with Crippen molar-refractivity contribution in [2.75, 3.05) is 0 Å². The lowest BCUT2D eigenvalue weighted by atomic mass is 9.76. The van der Waals surface area contributed by atoms with Crippen molar-refractivity contribution in [3.05, 3.63) is 40.4 Å². The first-order valence-electron chi connectivity index (χ1n) is 7.28. The number of aromatic nitrogens is 3. The molecule has 1 aromatic carbocycles. The average molecular weight is 353 g/mol. The number of halogens is 2. The molecule has 1 heterocycles. The van der Waals surface area contributed by atoms with Gasteiger partial charge in [-0.2, -0.15) is 0 Å². The van der Waals surface area contributed by atoms with Crippen LogP contribution in [0.4, 0.5) is 4.39 Å². The molecule has 1 fully saturated rings. The first kappa shape index (κ1) is 16.4. The van der Waals surface area contributed by atoms with E-state index in [4.69, 9.17) is 11.6 Å². The molecule has 0 unspecified atom stereocenters. The minimum atomic E-state index is -1.23. The van der Waals surface area contributed by atoms with Crippen LogP contribution >= 0.6 is 11.6 Å². The zero-order valence-electron chi connectivity index (χ0n) is 12.7. The number of carboxylic acid groups (broad SMARTS) is 1. The summed E-state index contributed by atoms with van der Waals surface area (Å²) in [4.78, 5) is 23.7. The maximum absolute atomic E-state index is 13.3. The molecule has 0 radical (unpaired) electrons. The van der Waals surface area contributed by atoms with Crippen molar-refractivity contribution >= 4 is 23.5 Å². The van der Waals surface area contributed by atoms with Gasteiger partial charge in [-0.15, -0.1) is 5.10 Å². The van der Waals surface area contributed by atoms with E-state index >= 15 is 0 Å². The monoisotopic (exact) mass is 352 g/mol. The van der Waals surface area contributed by atoms with Crippen LogP contribution in [0.15, 0.2) is 18.2 Å². The van der Waals surface area contributed by atoms with Crippen molar-refractivity contribution in [3.63, 3.8) is 0 Å². The highest BCUT2D eigenvalue weighted by Crippen LogP contribution is 2.32. The van der Waals surface area contributed by atoms with Crippen LogP contribution in [0, 0.1) is 12.7 Å². The molecule has 0 bridgehead atoms. The van der Waals surface area contributed by atoms with E-state index in [0.717, 1.165) is 6.42 Å². The van der Waals surface area contributed by atoms with Gasteiger partial charge >= 0.3 is 5.97 Å². The van der Waals surface area contributed by atoms with Gasteiger partial charge in [0.25, 0.3) is 5.91 Å². The fourth-order valence-electron chi connectivity index (χ4n) is 2.60. The van der Waals surface area contributed by atoms with Gasteiger partial charge in [-0.05, 0) is 44.4 Å². The van der Waals surface area contributed by atoms with Gasteiger partial charge in [0.2, 0.25) is 0 Å². The lowest BCUT2D eigenvalue weighted by Gasteiger charge is -2.37. The Morgan fingerprint density at radius 1 is 1.42 bits per heavy atom. The third-order valence-corrected chi connectivity index (χ3v) is 4.52. The van der Waals surface area contributed by atoms with Gasteiger partial charge in [-0.3, -0.25) is 4.79 Å². The summed E-state index contributed by atoms with van der Waals surface area (Å²) in [6, 6.07) is 4.01. The van der Waals surface area contributed by atoms with Crippen LogP contribution in [-0.4, -0.2) is 37.5 Å². The summed E-state index contributed by atoms with van der Waals surface area (Å²) < 4.78 is 14.6. The smallest absolute Gasteiger partial charge is 0.329 e. The van der Waals surface area contributed by atoms with Gasteiger partial charge < -0.3 is 10.4 Å². The normalized spacial score (nSPS) is 15.6. The predicted octanol–water partition coefficient (Wildman–Crippen LogP) is 2.11. The Morgan fingerprint density at radius 2 is 2.12 bits per heavy atom. The zero-order valence-corrected chi connectivity index (χ0v) is 13.5. The number of nitrogens with zero attached hydrogens (tertiary/aromatic N) is 3. The third-order valence-electron chi connectivity index (χ3n) is 4.23. The van der Waals surface area contributed by atoms with Crippen LogP contribution < -0.4 is 5.32 Å². The molecule has 7 nitrogen and oxygen atoms in total. The number of hydrogen-bond donors (Lipinski definition) is 2. The second-order valence-electron chi connectivity index (χ2n) is 5.73. The number of amides is 1. The Hall–Kier alpha value is -2.48. The van der Waals surface area contributed by atoms with Crippen LogP contribution in [0.2, 0.25) is 5.02 Å². The molecule has 0 aliphatic heterocycles. The summed E-state index contributed by atoms with van der Waals surface area (Å²) in [6.07, 6.45) is 1.51. The van der Waals surface area contributed by atoms with Gasteiger partial charge in [-0.1, -0.05) is 16.8 Å². The Kier molecular flexibility index (Phi) is 4.00. The summed E-state index contributed by atoms with van der Waals surface area (Å²) in [6.45, 7) is 1.61. The molecule has 2 N–H and O–H groups in total. The average Bonchev–Trinajstić information content (AvgIpc) is 2.87. The number of carboxylic acids is 1. The molecule has 126 valence electrons. The Labute approximate surface area is 141 Å². The maximum atomic E-state index is 13.3. The molecule has 0 spiro atoms. The van der Waals surface area contributed by atoms with Gasteiger partial charge in [0.15, 0.2) is 5.69 Å². The van der Waals surface area contributed by atoms with Gasteiger partial charge in [0.1, 0.15) is 11.4 Å². The first-order valence-corrected chi connectivity index (χ1v) is 7.65. The molecule has 0 atom stereocenters. The lowest BCUT2D eigenvalue weighted by Crippen LogP contribution is -2.59. The molecule has 1 saturated carbocycles. The molecule has 1 aliphatic rings. The standard InChI is InChI=1S/C15H14ClFN4O3/c1-8-12(13(22)18-15(14(23)24)5-2-6-15)19-20-21(8)9-3-4-11(17)10(16)7-9/h3-4,7H,2,5-6H2,1H3,(H,18,22)(H,23,24). The highest BCUT2D eigenvalue weighted by molar-refractivity contribution is 6.30. The van der Waals surface area contributed by atoms with Crippen molar-refractivity contribution in [3.8, 4) is 5.69 Å². The molecule has 3 rings (SSSR count).